The largest absolute Gasteiger partial charge is 0.314 e. The molecule has 0 aromatic heterocycles. The Hall–Kier alpha value is -0.890. The summed E-state index contributed by atoms with van der Waals surface area (Å²) in [6.07, 6.45) is 2.86. The maximum absolute atomic E-state index is 14.7. The molecule has 1 aliphatic heterocycles. The Morgan fingerprint density at radius 3 is 2.81 bits per heavy atom. The van der Waals surface area contributed by atoms with E-state index in [0.717, 1.165) is 24.1 Å². The summed E-state index contributed by atoms with van der Waals surface area (Å²) in [5, 5.41) is 3.36. The van der Waals surface area contributed by atoms with Gasteiger partial charge < -0.3 is 5.32 Å². The molecule has 1 nitrogen and oxygen atoms in total. The smallest absolute Gasteiger partial charge is 0.135 e. The first-order valence-corrected chi connectivity index (χ1v) is 6.08. The van der Waals surface area contributed by atoms with Crippen LogP contribution in [0.4, 0.5) is 4.39 Å². The van der Waals surface area contributed by atoms with Gasteiger partial charge >= 0.3 is 0 Å². The topological polar surface area (TPSA) is 12.0 Å². The number of hydrogen-bond acceptors (Lipinski definition) is 1. The minimum absolute atomic E-state index is 0.342. The molecule has 0 aliphatic carbocycles. The molecule has 2 rings (SSSR count). The Morgan fingerprint density at radius 1 is 1.44 bits per heavy atom. The summed E-state index contributed by atoms with van der Waals surface area (Å²) in [5.41, 5.74) is 0.669. The maximum Gasteiger partial charge on any atom is 0.135 e. The van der Waals surface area contributed by atoms with E-state index in [2.05, 4.69) is 5.32 Å². The molecule has 1 aromatic carbocycles. The van der Waals surface area contributed by atoms with Gasteiger partial charge in [0.1, 0.15) is 5.67 Å². The number of rotatable bonds is 3. The molecule has 1 aliphatic rings. The van der Waals surface area contributed by atoms with Crippen LogP contribution in [0.15, 0.2) is 24.3 Å². The maximum atomic E-state index is 14.7. The van der Waals surface area contributed by atoms with E-state index in [-0.39, 0.29) is 0 Å². The fourth-order valence-corrected chi connectivity index (χ4v) is 2.66. The summed E-state index contributed by atoms with van der Waals surface area (Å²) >= 11 is 0. The minimum atomic E-state index is -1.21. The zero-order chi connectivity index (χ0) is 11.6. The number of aryl methyl sites for hydroxylation is 1. The molecule has 2 heteroatoms. The highest BCUT2D eigenvalue weighted by Gasteiger charge is 2.31. The second-order valence-corrected chi connectivity index (χ2v) is 5.01. The van der Waals surface area contributed by atoms with Crippen molar-refractivity contribution in [2.75, 3.05) is 6.54 Å². The molecule has 0 radical (unpaired) electrons. The van der Waals surface area contributed by atoms with Gasteiger partial charge in [-0.1, -0.05) is 24.3 Å². The molecule has 1 saturated heterocycles. The molecule has 0 saturated carbocycles. The van der Waals surface area contributed by atoms with E-state index in [1.54, 1.807) is 6.92 Å². The lowest BCUT2D eigenvalue weighted by atomic mass is 9.87. The summed E-state index contributed by atoms with van der Waals surface area (Å²) in [5.74, 6) is 0. The van der Waals surface area contributed by atoms with Crippen molar-refractivity contribution in [1.29, 1.82) is 0 Å². The number of benzene rings is 1. The molecule has 1 N–H and O–H groups in total. The zero-order valence-corrected chi connectivity index (χ0v) is 10.1. The van der Waals surface area contributed by atoms with Crippen LogP contribution in [0.25, 0.3) is 0 Å². The van der Waals surface area contributed by atoms with Crippen LogP contribution in [0.1, 0.15) is 37.3 Å². The third-order valence-electron chi connectivity index (χ3n) is 3.50. The Morgan fingerprint density at radius 2 is 2.19 bits per heavy atom. The first-order valence-electron chi connectivity index (χ1n) is 6.08. The molecule has 16 heavy (non-hydrogen) atoms. The van der Waals surface area contributed by atoms with Gasteiger partial charge in [0, 0.05) is 12.5 Å². The highest BCUT2D eigenvalue weighted by Crippen LogP contribution is 2.34. The van der Waals surface area contributed by atoms with Crippen molar-refractivity contribution in [1.82, 2.24) is 5.32 Å². The van der Waals surface area contributed by atoms with E-state index in [4.69, 9.17) is 0 Å². The van der Waals surface area contributed by atoms with Crippen LogP contribution in [-0.4, -0.2) is 12.6 Å². The Balaban J connectivity index is 2.14. The van der Waals surface area contributed by atoms with Crippen molar-refractivity contribution >= 4 is 0 Å². The minimum Gasteiger partial charge on any atom is -0.314 e. The molecular weight excluding hydrogens is 201 g/mol. The van der Waals surface area contributed by atoms with Crippen molar-refractivity contribution in [2.45, 2.75) is 44.8 Å². The standard InChI is InChI=1S/C14H20FN/c1-11-6-3-4-8-13(11)14(2,15)10-12-7-5-9-16-12/h3-4,6,8,12,16H,5,7,9-10H2,1-2H3. The Kier molecular flexibility index (Phi) is 3.29. The van der Waals surface area contributed by atoms with E-state index in [1.165, 1.54) is 6.42 Å². The summed E-state index contributed by atoms with van der Waals surface area (Å²) in [6.45, 7) is 4.72. The lowest BCUT2D eigenvalue weighted by Crippen LogP contribution is -2.30. The number of halogens is 1. The summed E-state index contributed by atoms with van der Waals surface area (Å²) in [7, 11) is 0. The van der Waals surface area contributed by atoms with Crippen molar-refractivity contribution in [2.24, 2.45) is 0 Å². The molecule has 1 aromatic rings. The highest BCUT2D eigenvalue weighted by atomic mass is 19.1. The van der Waals surface area contributed by atoms with Crippen LogP contribution in [0.5, 0.6) is 0 Å². The van der Waals surface area contributed by atoms with Gasteiger partial charge in [0.2, 0.25) is 0 Å². The zero-order valence-electron chi connectivity index (χ0n) is 10.1. The third-order valence-corrected chi connectivity index (χ3v) is 3.50. The first-order chi connectivity index (χ1) is 7.59. The van der Waals surface area contributed by atoms with Crippen molar-refractivity contribution in [3.8, 4) is 0 Å². The predicted octanol–water partition coefficient (Wildman–Crippen LogP) is 3.32. The van der Waals surface area contributed by atoms with Gasteiger partial charge in [-0.3, -0.25) is 0 Å². The van der Waals surface area contributed by atoms with Crippen LogP contribution in [0, 0.1) is 6.92 Å². The average Bonchev–Trinajstić information content (AvgIpc) is 2.70. The lowest BCUT2D eigenvalue weighted by molar-refractivity contribution is 0.158. The fraction of sp³-hybridized carbons (Fsp3) is 0.571. The second kappa shape index (κ2) is 4.54. The molecule has 2 atom stereocenters. The van der Waals surface area contributed by atoms with Crippen LogP contribution >= 0.6 is 0 Å². The van der Waals surface area contributed by atoms with Gasteiger partial charge in [-0.25, -0.2) is 4.39 Å². The van der Waals surface area contributed by atoms with E-state index < -0.39 is 5.67 Å². The quantitative estimate of drug-likeness (QED) is 0.825. The number of alkyl halides is 1. The number of nitrogens with one attached hydrogen (secondary N) is 1. The van der Waals surface area contributed by atoms with E-state index in [1.807, 2.05) is 31.2 Å². The Labute approximate surface area is 97.1 Å². The Bertz CT molecular complexity index is 354. The first kappa shape index (κ1) is 11.6. The predicted molar refractivity (Wildman–Crippen MR) is 65.3 cm³/mol. The molecule has 0 bridgehead atoms. The van der Waals surface area contributed by atoms with Crippen LogP contribution < -0.4 is 5.32 Å². The average molecular weight is 221 g/mol. The highest BCUT2D eigenvalue weighted by molar-refractivity contribution is 5.31. The molecule has 0 amide bonds. The molecule has 88 valence electrons. The summed E-state index contributed by atoms with van der Waals surface area (Å²) in [4.78, 5) is 0. The van der Waals surface area contributed by atoms with Gasteiger partial charge in [0.05, 0.1) is 0 Å². The van der Waals surface area contributed by atoms with Crippen molar-refractivity contribution < 1.29 is 4.39 Å². The molecule has 2 unspecified atom stereocenters. The van der Waals surface area contributed by atoms with Gasteiger partial charge in [-0.15, -0.1) is 0 Å². The van der Waals surface area contributed by atoms with Gasteiger partial charge in [-0.2, -0.15) is 0 Å². The van der Waals surface area contributed by atoms with Crippen molar-refractivity contribution in [3.05, 3.63) is 35.4 Å². The summed E-state index contributed by atoms with van der Waals surface area (Å²) in [6, 6.07) is 8.11. The fourth-order valence-electron chi connectivity index (χ4n) is 2.66. The molecular formula is C14H20FN. The van der Waals surface area contributed by atoms with Gasteiger partial charge in [0.15, 0.2) is 0 Å². The summed E-state index contributed by atoms with van der Waals surface area (Å²) < 4.78 is 14.7. The lowest BCUT2D eigenvalue weighted by Gasteiger charge is -2.26. The van der Waals surface area contributed by atoms with E-state index >= 15 is 0 Å². The SMILES string of the molecule is Cc1ccccc1C(C)(F)CC1CCCN1. The van der Waals surface area contributed by atoms with Crippen molar-refractivity contribution in [3.63, 3.8) is 0 Å². The second-order valence-electron chi connectivity index (χ2n) is 5.01. The monoisotopic (exact) mass is 221 g/mol. The van der Waals surface area contributed by atoms with Crippen LogP contribution in [0.2, 0.25) is 0 Å². The van der Waals surface area contributed by atoms with Gasteiger partial charge in [0.25, 0.3) is 0 Å². The number of hydrogen-bond donors (Lipinski definition) is 1. The van der Waals surface area contributed by atoms with E-state index in [0.29, 0.717) is 12.5 Å². The van der Waals surface area contributed by atoms with E-state index in [9.17, 15) is 4.39 Å². The molecule has 1 heterocycles. The van der Waals surface area contributed by atoms with Crippen LogP contribution in [-0.2, 0) is 5.67 Å². The van der Waals surface area contributed by atoms with Crippen LogP contribution in [0.3, 0.4) is 0 Å². The third kappa shape index (κ3) is 2.43. The molecule has 0 spiro atoms. The normalized spacial score (nSPS) is 24.3. The van der Waals surface area contributed by atoms with Gasteiger partial charge in [-0.05, 0) is 44.4 Å². The molecule has 1 fully saturated rings.